The fourth-order valence-corrected chi connectivity index (χ4v) is 21.0. The number of rotatable bonds is 10. The first-order valence-corrected chi connectivity index (χ1v) is 51.6. The van der Waals surface area contributed by atoms with Crippen LogP contribution in [-0.2, 0) is 44.9 Å². The van der Waals surface area contributed by atoms with E-state index in [9.17, 15) is 0 Å². The van der Waals surface area contributed by atoms with E-state index in [-0.39, 0.29) is 0 Å². The normalized spacial score (nSPS) is 11.2. The summed E-state index contributed by atoms with van der Waals surface area (Å²) < 4.78 is 0. The maximum atomic E-state index is 4.38. The molecule has 0 saturated carbocycles. The van der Waals surface area contributed by atoms with E-state index in [0.29, 0.717) is 0 Å². The van der Waals surface area contributed by atoms with Crippen molar-refractivity contribution >= 4 is 119 Å². The van der Waals surface area contributed by atoms with Gasteiger partial charge in [-0.05, 0) is 281 Å². The molecule has 0 unspecified atom stereocenters. The minimum Gasteiger partial charge on any atom is -0.355 e. The largest absolute Gasteiger partial charge is 0.355 e. The topological polar surface area (TPSA) is 53.6 Å². The van der Waals surface area contributed by atoms with Crippen LogP contribution in [0, 0.1) is 0 Å². The summed E-state index contributed by atoms with van der Waals surface area (Å²) in [5.74, 6) is 0. The summed E-state index contributed by atoms with van der Waals surface area (Å²) in [6.45, 7) is 0. The first-order chi connectivity index (χ1) is 73.8. The van der Waals surface area contributed by atoms with Gasteiger partial charge in [-0.2, -0.15) is 0 Å². The Kier molecular flexibility index (Phi) is 29.6. The van der Waals surface area contributed by atoms with Crippen molar-refractivity contribution in [2.45, 2.75) is 44.9 Å². The fourth-order valence-electron chi connectivity index (χ4n) is 21.0. The van der Waals surface area contributed by atoms with Gasteiger partial charge in [0.05, 0.1) is 5.52 Å². The summed E-state index contributed by atoms with van der Waals surface area (Å²) in [6, 6.07) is 199. The van der Waals surface area contributed by atoms with E-state index in [2.05, 4.69) is 542 Å². The minimum atomic E-state index is 0.966. The van der Waals surface area contributed by atoms with Crippen LogP contribution in [0.4, 0.5) is 11.4 Å². The van der Waals surface area contributed by atoms with Crippen molar-refractivity contribution in [1.82, 2.24) is 15.0 Å². The molecule has 712 valence electrons. The molecule has 0 amide bonds. The number of benzene rings is 24. The number of anilines is 2. The van der Waals surface area contributed by atoms with Gasteiger partial charge < -0.3 is 10.3 Å². The first kappa shape index (κ1) is 95.1. The number of hydrogen-bond acceptors (Lipinski definition) is 3. The second-order valence-corrected chi connectivity index (χ2v) is 38.3. The molecule has 0 spiro atoms. The highest BCUT2D eigenvalue weighted by atomic mass is 14.9. The SMILES string of the molecule is c1ccc(Cc2ccc3ccccc3c2)cc1.c1ccc(Cc2ccc3cccnc3c2)cc1.c1ccc(Cc2cccnc2)cc1.c1ccc(Nc2cccc3ccccc23)cc1.c1ccc2c(c1)Cc1c-2ccc2ccccc12.c1ccc2c(c1)Cc1cc3ccccc3cc1-2.c1ccc2c(c1)Cc1ccccc1-2.c1ccc2c(c1)ccc1[nH]c3ccccc3c12.c1ccc2cc(Cc3cccc4ccccc34)ccc2c1. The van der Waals surface area contributed by atoms with E-state index in [4.69, 9.17) is 0 Å². The van der Waals surface area contributed by atoms with Crippen LogP contribution in [-0.4, -0.2) is 15.0 Å². The third-order valence-electron chi connectivity index (χ3n) is 28.4. The molecule has 3 aromatic heterocycles. The Morgan fingerprint density at radius 2 is 0.584 bits per heavy atom. The lowest BCUT2D eigenvalue weighted by Crippen LogP contribution is -1.90. The zero-order valence-corrected chi connectivity index (χ0v) is 83.3. The zero-order chi connectivity index (χ0) is 99.9. The van der Waals surface area contributed by atoms with Crippen LogP contribution in [0.15, 0.2) is 583 Å². The highest BCUT2D eigenvalue weighted by molar-refractivity contribution is 6.20. The molecular formula is C145H112N4. The van der Waals surface area contributed by atoms with E-state index in [1.807, 2.05) is 54.9 Å². The second kappa shape index (κ2) is 46.3. The van der Waals surface area contributed by atoms with Crippen molar-refractivity contribution < 1.29 is 0 Å². The van der Waals surface area contributed by atoms with Crippen molar-refractivity contribution in [2.75, 3.05) is 5.32 Å². The molecule has 0 bridgehead atoms. The van der Waals surface area contributed by atoms with Gasteiger partial charge in [0.1, 0.15) is 0 Å². The molecule has 0 radical (unpaired) electrons. The molecule has 24 aromatic carbocycles. The van der Waals surface area contributed by atoms with Crippen LogP contribution in [0.2, 0.25) is 0 Å². The van der Waals surface area contributed by atoms with E-state index in [0.717, 1.165) is 61.8 Å². The minimum absolute atomic E-state index is 0.966. The number of aromatic amines is 1. The Labute approximate surface area is 872 Å². The van der Waals surface area contributed by atoms with Gasteiger partial charge in [-0.25, -0.2) is 0 Å². The fraction of sp³-hybridized carbons (Fsp3) is 0.0483. The Balaban J connectivity index is 0.0000000951. The third kappa shape index (κ3) is 23.1. The molecule has 4 nitrogen and oxygen atoms in total. The molecule has 0 atom stereocenters. The summed E-state index contributed by atoms with van der Waals surface area (Å²) >= 11 is 0. The van der Waals surface area contributed by atoms with Crippen LogP contribution >= 0.6 is 0 Å². The smallest absolute Gasteiger partial charge is 0.0704 e. The standard InChI is InChI=1S/C21H16.2C17H12.C17H14.C16H11N.2C16H13N.C13H10.C12H11N/c1-2-8-19-14-16(12-13-17(19)6-1)15-20-10-5-9-18-7-3-4-11-21(18)20;1-3-7-14-12(5-1)9-10-16-15-8-4-2-6-13(15)11-17(14)16;1-2-6-13-11-17-15(9-12(13)5-1)10-14-7-3-4-8-16(14)17;1-2-6-14(7-3-1)12-15-10-11-16-8-4-5-9-17(16)13-15;1-2-6-12-11(5-1)9-10-15-16(12)13-7-3-4-8-14(13)17-15;1-2-9-14(10-3-1)17-16-12-6-8-13-7-4-5-11-15(13)16;1-2-5-13(6-3-1)11-14-8-9-15-7-4-10-17-16(15)12-14;1-3-7-12-10(5-1)9-11-6-2-4-8-13(11)12;1-2-5-11(6-3-1)9-12-7-4-8-13-10-12/h1-14H,15H2;1-10H,11H2;1-9,11H,10H2;1-11,13H,12H2;1-10,17H;1-12,17H;1-10,12H,11H2;1-8H,9H2;1-8,10H,9H2. The number of aromatic nitrogens is 3. The van der Waals surface area contributed by atoms with Crippen LogP contribution in [0.1, 0.15) is 77.9 Å². The van der Waals surface area contributed by atoms with Gasteiger partial charge in [-0.15, -0.1) is 0 Å². The van der Waals surface area contributed by atoms with Gasteiger partial charge in [-0.1, -0.05) is 510 Å². The van der Waals surface area contributed by atoms with E-state index < -0.39 is 0 Å². The number of H-pyrrole nitrogens is 1. The van der Waals surface area contributed by atoms with Crippen LogP contribution in [0.5, 0.6) is 0 Å². The number of hydrogen-bond donors (Lipinski definition) is 2. The van der Waals surface area contributed by atoms with Crippen molar-refractivity contribution in [2.24, 2.45) is 0 Å². The molecule has 0 aliphatic heterocycles. The predicted molar refractivity (Wildman–Crippen MR) is 634 cm³/mol. The quantitative estimate of drug-likeness (QED) is 0.143. The lowest BCUT2D eigenvalue weighted by molar-refractivity contribution is 1.15. The van der Waals surface area contributed by atoms with Gasteiger partial charge in [0.25, 0.3) is 0 Å². The highest BCUT2D eigenvalue weighted by Gasteiger charge is 2.22. The zero-order valence-electron chi connectivity index (χ0n) is 83.3. The molecule has 3 aliphatic carbocycles. The number of nitrogens with one attached hydrogen (secondary N) is 2. The molecule has 0 fully saturated rings. The highest BCUT2D eigenvalue weighted by Crippen LogP contribution is 2.43. The lowest BCUT2D eigenvalue weighted by Gasteiger charge is -2.09. The van der Waals surface area contributed by atoms with Gasteiger partial charge in [0.15, 0.2) is 0 Å². The third-order valence-corrected chi connectivity index (χ3v) is 28.4. The maximum absolute atomic E-state index is 4.38. The number of pyridine rings is 2. The molecule has 3 heterocycles. The summed E-state index contributed by atoms with van der Waals surface area (Å²) in [7, 11) is 0. The Morgan fingerprint density at radius 3 is 1.17 bits per heavy atom. The number of nitrogens with zero attached hydrogens (tertiary/aromatic N) is 2. The average molecular weight is 1910 g/mol. The van der Waals surface area contributed by atoms with Crippen molar-refractivity contribution in [1.29, 1.82) is 0 Å². The molecule has 0 saturated heterocycles. The monoisotopic (exact) mass is 1910 g/mol. The van der Waals surface area contributed by atoms with E-state index in [1.165, 1.54) is 214 Å². The lowest BCUT2D eigenvalue weighted by atomic mass is 9.97. The summed E-state index contributed by atoms with van der Waals surface area (Å²) in [4.78, 5) is 11.9. The predicted octanol–water partition coefficient (Wildman–Crippen LogP) is 37.6. The van der Waals surface area contributed by atoms with E-state index >= 15 is 0 Å². The van der Waals surface area contributed by atoms with Gasteiger partial charge >= 0.3 is 0 Å². The van der Waals surface area contributed by atoms with Gasteiger partial charge in [0, 0.05) is 62.5 Å². The molecule has 27 aromatic rings. The Morgan fingerprint density at radius 1 is 0.201 bits per heavy atom. The number of fused-ring (bicyclic) bond motifs is 22. The van der Waals surface area contributed by atoms with Crippen molar-refractivity contribution in [3.8, 4) is 33.4 Å². The second-order valence-electron chi connectivity index (χ2n) is 38.3. The average Bonchev–Trinajstić information content (AvgIpc) is 1.60. The molecule has 149 heavy (non-hydrogen) atoms. The molecule has 30 rings (SSSR count). The van der Waals surface area contributed by atoms with Gasteiger partial charge in [0.2, 0.25) is 0 Å². The van der Waals surface area contributed by atoms with E-state index in [1.54, 1.807) is 6.20 Å². The van der Waals surface area contributed by atoms with Crippen LogP contribution < -0.4 is 5.32 Å². The van der Waals surface area contributed by atoms with Crippen molar-refractivity contribution in [3.63, 3.8) is 0 Å². The maximum Gasteiger partial charge on any atom is 0.0704 e. The molecular weight excluding hydrogens is 1800 g/mol. The summed E-state index contributed by atoms with van der Waals surface area (Å²) in [5, 5.41) is 25.8. The molecule has 2 N–H and O–H groups in total. The van der Waals surface area contributed by atoms with Crippen LogP contribution in [0.25, 0.3) is 141 Å². The Bertz CT molecular complexity index is 9040. The molecule has 3 aliphatic rings. The van der Waals surface area contributed by atoms with Crippen molar-refractivity contribution in [3.05, 3.63) is 661 Å². The summed E-state index contributed by atoms with van der Waals surface area (Å²) in [5.41, 5.74) is 33.7. The molecule has 4 heteroatoms. The Hall–Kier alpha value is -18.7. The first-order valence-electron chi connectivity index (χ1n) is 51.6. The number of para-hydroxylation sites is 2. The van der Waals surface area contributed by atoms with Gasteiger partial charge in [-0.3, -0.25) is 9.97 Å². The summed E-state index contributed by atoms with van der Waals surface area (Å²) in [6.07, 6.45) is 12.7. The van der Waals surface area contributed by atoms with Crippen LogP contribution in [0.3, 0.4) is 0 Å².